The highest BCUT2D eigenvalue weighted by Gasteiger charge is 2.40. The average Bonchev–Trinajstić information content (AvgIpc) is 3.20. The third kappa shape index (κ3) is 6.98. The van der Waals surface area contributed by atoms with E-state index in [-0.39, 0.29) is 18.2 Å². The molecule has 0 spiro atoms. The molecule has 2 amide bonds. The van der Waals surface area contributed by atoms with Gasteiger partial charge in [-0.1, -0.05) is 74.3 Å². The van der Waals surface area contributed by atoms with Gasteiger partial charge in [0.1, 0.15) is 11.0 Å². The van der Waals surface area contributed by atoms with Gasteiger partial charge in [-0.05, 0) is 55.0 Å². The van der Waals surface area contributed by atoms with Crippen molar-refractivity contribution in [3.05, 3.63) is 84.9 Å². The van der Waals surface area contributed by atoms with Crippen LogP contribution in [0.15, 0.2) is 89.9 Å². The number of carbonyl (C=O) groups is 2. The van der Waals surface area contributed by atoms with E-state index >= 15 is 0 Å². The van der Waals surface area contributed by atoms with E-state index in [1.165, 1.54) is 31.0 Å². The molecule has 6 nitrogen and oxygen atoms in total. The van der Waals surface area contributed by atoms with Crippen molar-refractivity contribution in [2.45, 2.75) is 44.3 Å². The third-order valence-electron chi connectivity index (χ3n) is 5.71. The van der Waals surface area contributed by atoms with Crippen molar-refractivity contribution in [1.82, 2.24) is 0 Å². The summed E-state index contributed by atoms with van der Waals surface area (Å²) in [6.07, 6.45) is 4.68. The third-order valence-corrected chi connectivity index (χ3v) is 6.84. The molecule has 1 aliphatic heterocycles. The lowest BCUT2D eigenvalue weighted by Gasteiger charge is -2.16. The summed E-state index contributed by atoms with van der Waals surface area (Å²) in [5, 5.41) is 2.91. The molecule has 3 aromatic rings. The van der Waals surface area contributed by atoms with Crippen LogP contribution in [0.5, 0.6) is 5.75 Å². The van der Waals surface area contributed by atoms with Crippen molar-refractivity contribution >= 4 is 45.8 Å². The molecule has 0 aromatic heterocycles. The molecule has 7 heteroatoms. The van der Waals surface area contributed by atoms with Gasteiger partial charge in [-0.3, -0.25) is 14.5 Å². The largest absolute Gasteiger partial charge is 0.494 e. The smallest absolute Gasteiger partial charge is 0.247 e. The predicted molar refractivity (Wildman–Crippen MR) is 148 cm³/mol. The summed E-state index contributed by atoms with van der Waals surface area (Å²) in [6.45, 7) is 2.88. The van der Waals surface area contributed by atoms with Gasteiger partial charge in [-0.25, -0.2) is 4.99 Å². The van der Waals surface area contributed by atoms with E-state index in [4.69, 9.17) is 9.73 Å². The predicted octanol–water partition coefficient (Wildman–Crippen LogP) is 6.81. The van der Waals surface area contributed by atoms with Crippen molar-refractivity contribution in [3.8, 4) is 5.75 Å². The summed E-state index contributed by atoms with van der Waals surface area (Å²) >= 11 is 1.32. The standard InChI is InChI=1S/C29H31N3O3S/c1-2-3-4-11-20-35-25-18-16-23(17-19-25)30-27(33)21-26-28(34)32(24-14-9-6-10-15-24)29(36-26)31-22-12-7-5-8-13-22/h5-10,12-19,26H,2-4,11,20-21H2,1H3,(H,30,33). The minimum atomic E-state index is -0.557. The van der Waals surface area contributed by atoms with Crippen LogP contribution < -0.4 is 15.0 Å². The number of hydrogen-bond acceptors (Lipinski definition) is 5. The van der Waals surface area contributed by atoms with Gasteiger partial charge in [0.25, 0.3) is 0 Å². The Morgan fingerprint density at radius 3 is 2.33 bits per heavy atom. The average molecular weight is 502 g/mol. The van der Waals surface area contributed by atoms with Crippen LogP contribution in [0, 0.1) is 0 Å². The number of amides is 2. The van der Waals surface area contributed by atoms with Crippen LogP contribution in [0.1, 0.15) is 39.0 Å². The lowest BCUT2D eigenvalue weighted by atomic mass is 10.2. The molecular weight excluding hydrogens is 470 g/mol. The quantitative estimate of drug-likeness (QED) is 0.293. The fourth-order valence-corrected chi connectivity index (χ4v) is 4.99. The minimum absolute atomic E-state index is 0.0519. The summed E-state index contributed by atoms with van der Waals surface area (Å²) in [4.78, 5) is 32.4. The first-order valence-electron chi connectivity index (χ1n) is 12.4. The maximum Gasteiger partial charge on any atom is 0.247 e. The zero-order valence-corrected chi connectivity index (χ0v) is 21.2. The summed E-state index contributed by atoms with van der Waals surface area (Å²) in [5.41, 5.74) is 2.16. The van der Waals surface area contributed by atoms with Crippen molar-refractivity contribution in [2.75, 3.05) is 16.8 Å². The van der Waals surface area contributed by atoms with E-state index in [0.717, 1.165) is 23.5 Å². The van der Waals surface area contributed by atoms with E-state index in [1.54, 1.807) is 4.90 Å². The van der Waals surface area contributed by atoms with Crippen LogP contribution in [-0.4, -0.2) is 28.8 Å². The lowest BCUT2D eigenvalue weighted by molar-refractivity contribution is -0.121. The monoisotopic (exact) mass is 501 g/mol. The van der Waals surface area contributed by atoms with Crippen molar-refractivity contribution in [3.63, 3.8) is 0 Å². The van der Waals surface area contributed by atoms with Gasteiger partial charge in [0.05, 0.1) is 18.0 Å². The van der Waals surface area contributed by atoms with Gasteiger partial charge in [0.2, 0.25) is 11.8 Å². The van der Waals surface area contributed by atoms with Gasteiger partial charge in [-0.2, -0.15) is 0 Å². The summed E-state index contributed by atoms with van der Waals surface area (Å²) in [5.74, 6) is 0.414. The highest BCUT2D eigenvalue weighted by molar-refractivity contribution is 8.16. The maximum absolute atomic E-state index is 13.3. The Hall–Kier alpha value is -3.58. The molecule has 1 fully saturated rings. The van der Waals surface area contributed by atoms with Gasteiger partial charge in [0, 0.05) is 12.1 Å². The first-order chi connectivity index (χ1) is 17.6. The first kappa shape index (κ1) is 25.5. The number of carbonyl (C=O) groups excluding carboxylic acids is 2. The number of thioether (sulfide) groups is 1. The van der Waals surface area contributed by atoms with Crippen LogP contribution in [0.3, 0.4) is 0 Å². The molecule has 3 aromatic carbocycles. The molecule has 1 heterocycles. The minimum Gasteiger partial charge on any atom is -0.494 e. The van der Waals surface area contributed by atoms with Crippen LogP contribution in [-0.2, 0) is 9.59 Å². The topological polar surface area (TPSA) is 71.0 Å². The lowest BCUT2D eigenvalue weighted by Crippen LogP contribution is -2.33. The second-order valence-corrected chi connectivity index (χ2v) is 9.70. The second-order valence-electron chi connectivity index (χ2n) is 8.53. The molecule has 1 aliphatic rings. The maximum atomic E-state index is 13.3. The Balaban J connectivity index is 1.38. The van der Waals surface area contributed by atoms with Crippen LogP contribution in [0.2, 0.25) is 0 Å². The molecule has 0 bridgehead atoms. The number of para-hydroxylation sites is 2. The number of nitrogens with zero attached hydrogens (tertiary/aromatic N) is 2. The van der Waals surface area contributed by atoms with Gasteiger partial charge >= 0.3 is 0 Å². The number of hydrogen-bond donors (Lipinski definition) is 1. The molecule has 4 rings (SSSR count). The van der Waals surface area contributed by atoms with Gasteiger partial charge in [-0.15, -0.1) is 0 Å². The van der Waals surface area contributed by atoms with Gasteiger partial charge in [0.15, 0.2) is 5.17 Å². The normalized spacial score (nSPS) is 16.4. The second kappa shape index (κ2) is 12.9. The molecule has 0 aliphatic carbocycles. The molecule has 36 heavy (non-hydrogen) atoms. The van der Waals surface area contributed by atoms with Crippen LogP contribution in [0.25, 0.3) is 0 Å². The van der Waals surface area contributed by atoms with E-state index in [1.807, 2.05) is 84.9 Å². The highest BCUT2D eigenvalue weighted by Crippen LogP contribution is 2.35. The zero-order valence-electron chi connectivity index (χ0n) is 20.4. The Labute approximate surface area is 216 Å². The molecule has 0 radical (unpaired) electrons. The number of unbranched alkanes of at least 4 members (excludes halogenated alkanes) is 3. The summed E-state index contributed by atoms with van der Waals surface area (Å²) < 4.78 is 5.77. The Morgan fingerprint density at radius 2 is 1.64 bits per heavy atom. The summed E-state index contributed by atoms with van der Waals surface area (Å²) in [6, 6.07) is 26.3. The molecule has 186 valence electrons. The van der Waals surface area contributed by atoms with Crippen molar-refractivity contribution in [1.29, 1.82) is 0 Å². The number of nitrogens with one attached hydrogen (secondary N) is 1. The molecule has 1 atom stereocenters. The van der Waals surface area contributed by atoms with E-state index in [9.17, 15) is 9.59 Å². The molecule has 1 unspecified atom stereocenters. The number of amidine groups is 1. The number of aliphatic imine (C=N–C) groups is 1. The molecular formula is C29H31N3O3S. The molecule has 0 saturated carbocycles. The van der Waals surface area contributed by atoms with Crippen LogP contribution >= 0.6 is 11.8 Å². The number of ether oxygens (including phenoxy) is 1. The van der Waals surface area contributed by atoms with E-state index in [2.05, 4.69) is 12.2 Å². The highest BCUT2D eigenvalue weighted by atomic mass is 32.2. The van der Waals surface area contributed by atoms with E-state index in [0.29, 0.717) is 17.5 Å². The van der Waals surface area contributed by atoms with Gasteiger partial charge < -0.3 is 10.1 Å². The Morgan fingerprint density at radius 1 is 0.944 bits per heavy atom. The van der Waals surface area contributed by atoms with E-state index < -0.39 is 5.25 Å². The summed E-state index contributed by atoms with van der Waals surface area (Å²) in [7, 11) is 0. The van der Waals surface area contributed by atoms with Crippen molar-refractivity contribution in [2.24, 2.45) is 4.99 Å². The SMILES string of the molecule is CCCCCCOc1ccc(NC(=O)CC2SC(=Nc3ccccc3)N(c3ccccc3)C2=O)cc1. The fourth-order valence-electron chi connectivity index (χ4n) is 3.84. The zero-order chi connectivity index (χ0) is 25.2. The first-order valence-corrected chi connectivity index (χ1v) is 13.2. The van der Waals surface area contributed by atoms with Crippen molar-refractivity contribution < 1.29 is 14.3 Å². The number of rotatable bonds is 11. The number of anilines is 2. The van der Waals surface area contributed by atoms with Crippen LogP contribution in [0.4, 0.5) is 17.1 Å². The molecule has 1 N–H and O–H groups in total. The Kier molecular flexibility index (Phi) is 9.16. The molecule has 1 saturated heterocycles. The fraction of sp³-hybridized carbons (Fsp3) is 0.276. The number of benzene rings is 3. The Bertz CT molecular complexity index is 1170.